The van der Waals surface area contributed by atoms with E-state index in [1.807, 2.05) is 60.1 Å². The van der Waals surface area contributed by atoms with Gasteiger partial charge >= 0.3 is 0 Å². The second-order valence-corrected chi connectivity index (χ2v) is 7.06. The van der Waals surface area contributed by atoms with Crippen molar-refractivity contribution in [1.29, 1.82) is 0 Å². The van der Waals surface area contributed by atoms with Gasteiger partial charge in [0.1, 0.15) is 5.75 Å². The summed E-state index contributed by atoms with van der Waals surface area (Å²) in [5.74, 6) is 1.56. The molecule has 2 aromatic carbocycles. The van der Waals surface area contributed by atoms with Crippen LogP contribution in [0.4, 0.5) is 0 Å². The molecule has 0 saturated carbocycles. The summed E-state index contributed by atoms with van der Waals surface area (Å²) >= 11 is 7.92. The Morgan fingerprint density at radius 3 is 2.54 bits per heavy atom. The Labute approximate surface area is 150 Å². The molecule has 124 valence electrons. The summed E-state index contributed by atoms with van der Waals surface area (Å²) in [6.45, 7) is 2.11. The molecule has 24 heavy (non-hydrogen) atoms. The van der Waals surface area contributed by atoms with Crippen molar-refractivity contribution in [3.63, 3.8) is 0 Å². The predicted octanol–water partition coefficient (Wildman–Crippen LogP) is 5.00. The van der Waals surface area contributed by atoms with Gasteiger partial charge in [0.25, 0.3) is 0 Å². The fourth-order valence-corrected chi connectivity index (χ4v) is 3.85. The zero-order valence-corrected chi connectivity index (χ0v) is 15.3. The number of hydrogen-bond donors (Lipinski definition) is 0. The van der Waals surface area contributed by atoms with Crippen molar-refractivity contribution < 1.29 is 4.74 Å². The first-order valence-corrected chi connectivity index (χ1v) is 8.81. The van der Waals surface area contributed by atoms with Gasteiger partial charge in [-0.3, -0.25) is 0 Å². The van der Waals surface area contributed by atoms with Crippen LogP contribution in [-0.2, 0) is 7.05 Å². The number of aromatic nitrogens is 3. The average Bonchev–Trinajstić information content (AvgIpc) is 2.95. The van der Waals surface area contributed by atoms with Crippen molar-refractivity contribution in [2.75, 3.05) is 7.11 Å². The van der Waals surface area contributed by atoms with Crippen molar-refractivity contribution in [1.82, 2.24) is 14.8 Å². The summed E-state index contributed by atoms with van der Waals surface area (Å²) in [5.41, 5.74) is 2.01. The normalized spacial score (nSPS) is 12.2. The maximum Gasteiger partial charge on any atom is 0.191 e. The van der Waals surface area contributed by atoms with Crippen molar-refractivity contribution in [3.05, 3.63) is 59.1 Å². The third-order valence-corrected chi connectivity index (χ3v) is 5.33. The Hall–Kier alpha value is -1.98. The number of para-hydroxylation sites is 1. The molecule has 0 radical (unpaired) electrons. The van der Waals surface area contributed by atoms with Crippen LogP contribution in [0.2, 0.25) is 5.02 Å². The molecule has 0 saturated heterocycles. The minimum absolute atomic E-state index is 0.173. The van der Waals surface area contributed by atoms with Gasteiger partial charge in [0.05, 0.1) is 12.7 Å². The van der Waals surface area contributed by atoms with Crippen LogP contribution < -0.4 is 4.74 Å². The first kappa shape index (κ1) is 16.9. The molecular weight excluding hydrogens is 342 g/mol. The number of rotatable bonds is 5. The first-order chi connectivity index (χ1) is 11.6. The lowest BCUT2D eigenvalue weighted by atomic mass is 10.2. The summed E-state index contributed by atoms with van der Waals surface area (Å²) in [6.07, 6.45) is 0. The highest BCUT2D eigenvalue weighted by molar-refractivity contribution is 7.99. The monoisotopic (exact) mass is 359 g/mol. The van der Waals surface area contributed by atoms with Crippen molar-refractivity contribution in [3.8, 4) is 17.1 Å². The number of benzene rings is 2. The molecule has 0 aliphatic heterocycles. The van der Waals surface area contributed by atoms with Crippen LogP contribution in [0.1, 0.15) is 17.7 Å². The summed E-state index contributed by atoms with van der Waals surface area (Å²) < 4.78 is 7.41. The molecule has 1 atom stereocenters. The second kappa shape index (κ2) is 7.28. The standard InChI is InChI=1S/C18H18ClN3OS/c1-12(13-8-4-6-10-15(13)19)24-18-21-20-17(22(18)2)14-9-5-7-11-16(14)23-3/h4-12H,1-3H3. The number of thioether (sulfide) groups is 1. The number of hydrogen-bond acceptors (Lipinski definition) is 4. The minimum atomic E-state index is 0.173. The maximum atomic E-state index is 6.29. The van der Waals surface area contributed by atoms with Gasteiger partial charge < -0.3 is 9.30 Å². The number of nitrogens with zero attached hydrogens (tertiary/aromatic N) is 3. The lowest BCUT2D eigenvalue weighted by Crippen LogP contribution is -1.98. The van der Waals surface area contributed by atoms with E-state index in [4.69, 9.17) is 16.3 Å². The number of halogens is 1. The highest BCUT2D eigenvalue weighted by atomic mass is 35.5. The Balaban J connectivity index is 1.89. The van der Waals surface area contributed by atoms with E-state index in [-0.39, 0.29) is 5.25 Å². The summed E-state index contributed by atoms with van der Waals surface area (Å²) in [5, 5.41) is 10.5. The first-order valence-electron chi connectivity index (χ1n) is 7.55. The highest BCUT2D eigenvalue weighted by Crippen LogP contribution is 2.38. The Bertz CT molecular complexity index is 850. The van der Waals surface area contributed by atoms with Crippen molar-refractivity contribution in [2.24, 2.45) is 7.05 Å². The van der Waals surface area contributed by atoms with Crippen LogP contribution in [0.15, 0.2) is 53.7 Å². The van der Waals surface area contributed by atoms with Crippen LogP contribution in [0.3, 0.4) is 0 Å². The van der Waals surface area contributed by atoms with Crippen LogP contribution in [0, 0.1) is 0 Å². The molecule has 4 nitrogen and oxygen atoms in total. The van der Waals surface area contributed by atoms with E-state index >= 15 is 0 Å². The van der Waals surface area contributed by atoms with E-state index in [1.165, 1.54) is 0 Å². The van der Waals surface area contributed by atoms with E-state index in [9.17, 15) is 0 Å². The Kier molecular flexibility index (Phi) is 5.11. The molecule has 0 amide bonds. The lowest BCUT2D eigenvalue weighted by Gasteiger charge is -2.13. The van der Waals surface area contributed by atoms with Crippen molar-refractivity contribution >= 4 is 23.4 Å². The maximum absolute atomic E-state index is 6.29. The molecule has 3 aromatic rings. The van der Waals surface area contributed by atoms with E-state index in [1.54, 1.807) is 18.9 Å². The SMILES string of the molecule is COc1ccccc1-c1nnc(SC(C)c2ccccc2Cl)n1C. The molecule has 0 aliphatic rings. The molecule has 1 unspecified atom stereocenters. The molecular formula is C18H18ClN3OS. The lowest BCUT2D eigenvalue weighted by molar-refractivity contribution is 0.416. The van der Waals surface area contributed by atoms with Gasteiger partial charge in [0.15, 0.2) is 11.0 Å². The van der Waals surface area contributed by atoms with E-state index in [2.05, 4.69) is 17.1 Å². The molecule has 0 fully saturated rings. The van der Waals surface area contributed by atoms with Gasteiger partial charge in [-0.1, -0.05) is 53.7 Å². The predicted molar refractivity (Wildman–Crippen MR) is 98.7 cm³/mol. The largest absolute Gasteiger partial charge is 0.496 e. The van der Waals surface area contributed by atoms with Gasteiger partial charge in [-0.15, -0.1) is 10.2 Å². The summed E-state index contributed by atoms with van der Waals surface area (Å²) in [4.78, 5) is 0. The second-order valence-electron chi connectivity index (χ2n) is 5.35. The summed E-state index contributed by atoms with van der Waals surface area (Å²) in [6, 6.07) is 15.7. The summed E-state index contributed by atoms with van der Waals surface area (Å²) in [7, 11) is 3.62. The molecule has 0 aliphatic carbocycles. The van der Waals surface area contributed by atoms with Crippen LogP contribution in [0.5, 0.6) is 5.75 Å². The van der Waals surface area contributed by atoms with Crippen molar-refractivity contribution in [2.45, 2.75) is 17.3 Å². The Morgan fingerprint density at radius 2 is 1.79 bits per heavy atom. The number of methoxy groups -OCH3 is 1. The smallest absolute Gasteiger partial charge is 0.191 e. The Morgan fingerprint density at radius 1 is 1.08 bits per heavy atom. The van der Waals surface area contributed by atoms with Gasteiger partial charge in [-0.25, -0.2) is 0 Å². The molecule has 1 aromatic heterocycles. The van der Waals surface area contributed by atoms with Crippen LogP contribution >= 0.6 is 23.4 Å². The van der Waals surface area contributed by atoms with Crippen LogP contribution in [-0.4, -0.2) is 21.9 Å². The number of ether oxygens (including phenoxy) is 1. The van der Waals surface area contributed by atoms with Gasteiger partial charge in [-0.2, -0.15) is 0 Å². The third kappa shape index (κ3) is 3.28. The fourth-order valence-electron chi connectivity index (χ4n) is 2.51. The molecule has 6 heteroatoms. The van der Waals surface area contributed by atoms with Gasteiger partial charge in [0, 0.05) is 17.3 Å². The molecule has 1 heterocycles. The van der Waals surface area contributed by atoms with Gasteiger partial charge in [0.2, 0.25) is 0 Å². The minimum Gasteiger partial charge on any atom is -0.496 e. The quantitative estimate of drug-likeness (QED) is 0.601. The molecule has 3 rings (SSSR count). The molecule has 0 bridgehead atoms. The van der Waals surface area contributed by atoms with E-state index in [0.29, 0.717) is 0 Å². The fraction of sp³-hybridized carbons (Fsp3) is 0.222. The topological polar surface area (TPSA) is 39.9 Å². The molecule has 0 spiro atoms. The third-order valence-electron chi connectivity index (χ3n) is 3.81. The average molecular weight is 360 g/mol. The highest BCUT2D eigenvalue weighted by Gasteiger charge is 2.18. The zero-order chi connectivity index (χ0) is 17.1. The van der Waals surface area contributed by atoms with E-state index in [0.717, 1.165) is 32.9 Å². The molecule has 0 N–H and O–H groups in total. The van der Waals surface area contributed by atoms with Crippen LogP contribution in [0.25, 0.3) is 11.4 Å². The zero-order valence-electron chi connectivity index (χ0n) is 13.7. The van der Waals surface area contributed by atoms with E-state index < -0.39 is 0 Å². The van der Waals surface area contributed by atoms with Gasteiger partial charge in [-0.05, 0) is 30.7 Å².